The van der Waals surface area contributed by atoms with E-state index >= 15 is 0 Å². The highest BCUT2D eigenvalue weighted by molar-refractivity contribution is 6.33. The standard InChI is InChI=1S/C22H21ClN2O2/c1-22(2,3)20-11-14(7-8-25-20)16-9-17(13-24-12-16)18-6-5-15(10-19(18)23)21(26)27-4/h5-13H,1-4H3. The number of carbonyl (C=O) groups is 1. The lowest BCUT2D eigenvalue weighted by Crippen LogP contribution is -2.13. The number of hydrogen-bond acceptors (Lipinski definition) is 4. The number of rotatable bonds is 3. The summed E-state index contributed by atoms with van der Waals surface area (Å²) in [5, 5.41) is 0.474. The summed E-state index contributed by atoms with van der Waals surface area (Å²) in [6, 6.07) is 11.2. The highest BCUT2D eigenvalue weighted by Crippen LogP contribution is 2.32. The second-order valence-corrected chi connectivity index (χ2v) is 7.74. The maximum absolute atomic E-state index is 11.7. The largest absolute Gasteiger partial charge is 0.465 e. The fourth-order valence-electron chi connectivity index (χ4n) is 2.76. The molecule has 2 aromatic heterocycles. The zero-order chi connectivity index (χ0) is 19.6. The van der Waals surface area contributed by atoms with E-state index in [-0.39, 0.29) is 5.41 Å². The molecule has 0 radical (unpaired) electrons. The Bertz CT molecular complexity index is 994. The number of methoxy groups -OCH3 is 1. The van der Waals surface area contributed by atoms with Crippen LogP contribution in [0.25, 0.3) is 22.3 Å². The summed E-state index contributed by atoms with van der Waals surface area (Å²) in [6.07, 6.45) is 5.40. The summed E-state index contributed by atoms with van der Waals surface area (Å²) < 4.78 is 4.74. The number of hydrogen-bond donors (Lipinski definition) is 0. The summed E-state index contributed by atoms with van der Waals surface area (Å²) in [4.78, 5) is 20.5. The maximum Gasteiger partial charge on any atom is 0.337 e. The van der Waals surface area contributed by atoms with E-state index < -0.39 is 5.97 Å². The molecule has 0 fully saturated rings. The molecule has 4 nitrogen and oxygen atoms in total. The van der Waals surface area contributed by atoms with Crippen LogP contribution in [0.5, 0.6) is 0 Å². The van der Waals surface area contributed by atoms with Crippen molar-refractivity contribution < 1.29 is 9.53 Å². The maximum atomic E-state index is 11.7. The minimum Gasteiger partial charge on any atom is -0.465 e. The molecule has 2 heterocycles. The molecule has 0 bridgehead atoms. The molecule has 5 heteroatoms. The lowest BCUT2D eigenvalue weighted by atomic mass is 9.90. The van der Waals surface area contributed by atoms with Crippen molar-refractivity contribution >= 4 is 17.6 Å². The van der Waals surface area contributed by atoms with Crippen LogP contribution in [0.3, 0.4) is 0 Å². The Morgan fingerprint density at radius 1 is 1.00 bits per heavy atom. The smallest absolute Gasteiger partial charge is 0.337 e. The first-order valence-corrected chi connectivity index (χ1v) is 8.97. The van der Waals surface area contributed by atoms with E-state index in [1.165, 1.54) is 7.11 Å². The number of esters is 1. The SMILES string of the molecule is COC(=O)c1ccc(-c2cncc(-c3ccnc(C(C)(C)C)c3)c2)c(Cl)c1. The third-order valence-corrected chi connectivity index (χ3v) is 4.61. The molecule has 138 valence electrons. The van der Waals surface area contributed by atoms with Crippen LogP contribution in [0.2, 0.25) is 5.02 Å². The van der Waals surface area contributed by atoms with Gasteiger partial charge in [-0.25, -0.2) is 4.79 Å². The van der Waals surface area contributed by atoms with E-state index in [1.807, 2.05) is 30.6 Å². The number of ether oxygens (including phenoxy) is 1. The molecule has 0 aliphatic heterocycles. The van der Waals surface area contributed by atoms with Gasteiger partial charge < -0.3 is 4.74 Å². The van der Waals surface area contributed by atoms with Gasteiger partial charge in [-0.3, -0.25) is 9.97 Å². The van der Waals surface area contributed by atoms with Gasteiger partial charge >= 0.3 is 5.97 Å². The van der Waals surface area contributed by atoms with Crippen molar-refractivity contribution in [2.45, 2.75) is 26.2 Å². The van der Waals surface area contributed by atoms with Crippen LogP contribution in [0, 0.1) is 0 Å². The fraction of sp³-hybridized carbons (Fsp3) is 0.227. The van der Waals surface area contributed by atoms with Crippen molar-refractivity contribution in [2.24, 2.45) is 0 Å². The first-order valence-electron chi connectivity index (χ1n) is 8.60. The van der Waals surface area contributed by atoms with E-state index in [4.69, 9.17) is 16.3 Å². The monoisotopic (exact) mass is 380 g/mol. The first-order chi connectivity index (χ1) is 12.8. The second kappa shape index (κ2) is 7.49. The molecule has 3 aromatic rings. The number of carbonyl (C=O) groups excluding carboxylic acids is 1. The summed E-state index contributed by atoms with van der Waals surface area (Å²) >= 11 is 6.40. The van der Waals surface area contributed by atoms with Gasteiger partial charge in [0.1, 0.15) is 0 Å². The van der Waals surface area contributed by atoms with Crippen LogP contribution >= 0.6 is 11.6 Å². The fourth-order valence-corrected chi connectivity index (χ4v) is 3.05. The van der Waals surface area contributed by atoms with Gasteiger partial charge in [0.2, 0.25) is 0 Å². The van der Waals surface area contributed by atoms with E-state index in [0.29, 0.717) is 10.6 Å². The van der Waals surface area contributed by atoms with Crippen molar-refractivity contribution in [3.63, 3.8) is 0 Å². The van der Waals surface area contributed by atoms with Crippen LogP contribution in [0.15, 0.2) is 55.0 Å². The Morgan fingerprint density at radius 3 is 2.41 bits per heavy atom. The van der Waals surface area contributed by atoms with Crippen LogP contribution < -0.4 is 0 Å². The van der Waals surface area contributed by atoms with Crippen molar-refractivity contribution in [3.05, 3.63) is 71.3 Å². The van der Waals surface area contributed by atoms with Crippen molar-refractivity contribution in [1.82, 2.24) is 9.97 Å². The quantitative estimate of drug-likeness (QED) is 0.559. The Kier molecular flexibility index (Phi) is 5.29. The second-order valence-electron chi connectivity index (χ2n) is 7.33. The van der Waals surface area contributed by atoms with Crippen molar-refractivity contribution in [1.29, 1.82) is 0 Å². The predicted molar refractivity (Wildman–Crippen MR) is 108 cm³/mol. The van der Waals surface area contributed by atoms with Gasteiger partial charge in [0.05, 0.1) is 12.7 Å². The number of aromatic nitrogens is 2. The van der Waals surface area contributed by atoms with Crippen molar-refractivity contribution in [2.75, 3.05) is 7.11 Å². The molecule has 0 aliphatic carbocycles. The molecular formula is C22H21ClN2O2. The minimum absolute atomic E-state index is 0.0337. The van der Waals surface area contributed by atoms with Crippen molar-refractivity contribution in [3.8, 4) is 22.3 Å². The van der Waals surface area contributed by atoms with Gasteiger partial charge in [-0.05, 0) is 35.9 Å². The van der Waals surface area contributed by atoms with Crippen LogP contribution in [-0.2, 0) is 10.2 Å². The summed E-state index contributed by atoms with van der Waals surface area (Å²) in [6.45, 7) is 6.41. The summed E-state index contributed by atoms with van der Waals surface area (Å²) in [7, 11) is 1.35. The third-order valence-electron chi connectivity index (χ3n) is 4.30. The van der Waals surface area contributed by atoms with Crippen LogP contribution in [0.4, 0.5) is 0 Å². The lowest BCUT2D eigenvalue weighted by Gasteiger charge is -2.18. The predicted octanol–water partition coefficient (Wildman–Crippen LogP) is 5.55. The third kappa shape index (κ3) is 4.17. The van der Waals surface area contributed by atoms with E-state index in [0.717, 1.165) is 27.9 Å². The zero-order valence-corrected chi connectivity index (χ0v) is 16.5. The molecule has 27 heavy (non-hydrogen) atoms. The van der Waals surface area contributed by atoms with Crippen LogP contribution in [0.1, 0.15) is 36.8 Å². The molecule has 0 unspecified atom stereocenters. The summed E-state index contributed by atoms with van der Waals surface area (Å²) in [5.74, 6) is -0.415. The molecule has 0 atom stereocenters. The van der Waals surface area contributed by atoms with E-state index in [2.05, 4.69) is 36.8 Å². The molecule has 0 amide bonds. The molecule has 0 N–H and O–H groups in total. The van der Waals surface area contributed by atoms with E-state index in [9.17, 15) is 4.79 Å². The molecule has 0 aliphatic rings. The normalized spacial score (nSPS) is 11.3. The van der Waals surface area contributed by atoms with Gasteiger partial charge in [-0.15, -0.1) is 0 Å². The number of pyridine rings is 2. The van der Waals surface area contributed by atoms with Gasteiger partial charge in [0.25, 0.3) is 0 Å². The van der Waals surface area contributed by atoms with Gasteiger partial charge in [-0.2, -0.15) is 0 Å². The molecular weight excluding hydrogens is 360 g/mol. The zero-order valence-electron chi connectivity index (χ0n) is 15.8. The molecule has 3 rings (SSSR count). The van der Waals surface area contributed by atoms with Gasteiger partial charge in [0.15, 0.2) is 0 Å². The number of benzene rings is 1. The average Bonchev–Trinajstić information content (AvgIpc) is 2.67. The first kappa shape index (κ1) is 19.1. The van der Waals surface area contributed by atoms with Gasteiger partial charge in [0, 0.05) is 51.4 Å². The highest BCUT2D eigenvalue weighted by atomic mass is 35.5. The van der Waals surface area contributed by atoms with Gasteiger partial charge in [-0.1, -0.05) is 38.4 Å². The Morgan fingerprint density at radius 2 is 1.74 bits per heavy atom. The lowest BCUT2D eigenvalue weighted by molar-refractivity contribution is 0.0601. The molecule has 0 saturated carbocycles. The minimum atomic E-state index is -0.415. The molecule has 0 saturated heterocycles. The Labute approximate surface area is 164 Å². The molecule has 0 spiro atoms. The Hall–Kier alpha value is -2.72. The highest BCUT2D eigenvalue weighted by Gasteiger charge is 2.16. The molecule has 1 aromatic carbocycles. The topological polar surface area (TPSA) is 52.1 Å². The number of nitrogens with zero attached hydrogens (tertiary/aromatic N) is 2. The summed E-state index contributed by atoms with van der Waals surface area (Å²) in [5.41, 5.74) is 5.12. The van der Waals surface area contributed by atoms with E-state index in [1.54, 1.807) is 18.3 Å². The average molecular weight is 381 g/mol. The number of halogens is 1. The Balaban J connectivity index is 2.01. The van der Waals surface area contributed by atoms with Crippen LogP contribution in [-0.4, -0.2) is 23.0 Å².